The topological polar surface area (TPSA) is 85.4 Å². The number of anilines is 1. The van der Waals surface area contributed by atoms with Crippen molar-refractivity contribution in [2.24, 2.45) is 0 Å². The smallest absolute Gasteiger partial charge is 0.265 e. The van der Waals surface area contributed by atoms with Crippen LogP contribution in [0.15, 0.2) is 102 Å². The summed E-state index contributed by atoms with van der Waals surface area (Å²) in [6.45, 7) is 0.0596. The van der Waals surface area contributed by atoms with E-state index in [2.05, 4.69) is 0 Å². The molecule has 0 saturated heterocycles. The molecule has 4 rings (SSSR count). The van der Waals surface area contributed by atoms with Gasteiger partial charge in [0.2, 0.25) is 5.91 Å². The first-order valence-corrected chi connectivity index (χ1v) is 14.5. The number of nitrogens with zero attached hydrogens (tertiary/aromatic N) is 2. The number of ether oxygens (including phenoxy) is 3. The third-order valence-corrected chi connectivity index (χ3v) is 8.41. The van der Waals surface area contributed by atoms with Gasteiger partial charge in [0.15, 0.2) is 11.5 Å². The zero-order valence-corrected chi connectivity index (χ0v) is 24.6. The van der Waals surface area contributed by atoms with Crippen LogP contribution in [-0.4, -0.2) is 47.1 Å². The molecule has 0 aliphatic carbocycles. The summed E-state index contributed by atoms with van der Waals surface area (Å²) < 4.78 is 45.6. The molecule has 0 saturated carbocycles. The first-order valence-electron chi connectivity index (χ1n) is 12.7. The third kappa shape index (κ3) is 7.11. The van der Waals surface area contributed by atoms with Gasteiger partial charge in [-0.25, -0.2) is 8.42 Å². The fourth-order valence-corrected chi connectivity index (χ4v) is 5.92. The van der Waals surface area contributed by atoms with Gasteiger partial charge < -0.3 is 19.1 Å². The second-order valence-electron chi connectivity index (χ2n) is 9.07. The molecule has 0 N–H and O–H groups in total. The van der Waals surface area contributed by atoms with E-state index >= 15 is 0 Å². The van der Waals surface area contributed by atoms with Crippen molar-refractivity contribution >= 4 is 33.2 Å². The maximum absolute atomic E-state index is 14.2. The number of rotatable bonds is 12. The van der Waals surface area contributed by atoms with E-state index in [0.717, 1.165) is 15.4 Å². The van der Waals surface area contributed by atoms with Gasteiger partial charge in [0, 0.05) is 24.2 Å². The van der Waals surface area contributed by atoms with Crippen molar-refractivity contribution in [1.29, 1.82) is 0 Å². The average molecular weight is 595 g/mol. The normalized spacial score (nSPS) is 11.0. The molecule has 214 valence electrons. The predicted molar refractivity (Wildman–Crippen MR) is 159 cm³/mol. The molecule has 0 aliphatic heterocycles. The summed E-state index contributed by atoms with van der Waals surface area (Å²) in [5.41, 5.74) is 1.94. The van der Waals surface area contributed by atoms with Gasteiger partial charge in [-0.3, -0.25) is 9.10 Å². The van der Waals surface area contributed by atoms with E-state index in [4.69, 9.17) is 25.8 Å². The van der Waals surface area contributed by atoms with Gasteiger partial charge >= 0.3 is 0 Å². The Balaban J connectivity index is 1.79. The fourth-order valence-electron chi connectivity index (χ4n) is 4.32. The Hall–Kier alpha value is -4.21. The van der Waals surface area contributed by atoms with Crippen molar-refractivity contribution in [3.8, 4) is 17.2 Å². The Labute approximate surface area is 245 Å². The number of methoxy groups -OCH3 is 3. The predicted octanol–water partition coefficient (Wildman–Crippen LogP) is 5.79. The number of hydrogen-bond donors (Lipinski definition) is 0. The Morgan fingerprint density at radius 1 is 0.707 bits per heavy atom. The number of carbonyl (C=O) groups excluding carboxylic acids is 1. The third-order valence-electron chi connectivity index (χ3n) is 6.42. The van der Waals surface area contributed by atoms with Gasteiger partial charge in [-0.2, -0.15) is 0 Å². The lowest BCUT2D eigenvalue weighted by molar-refractivity contribution is -0.130. The van der Waals surface area contributed by atoms with E-state index in [-0.39, 0.29) is 40.2 Å². The first-order chi connectivity index (χ1) is 19.8. The highest BCUT2D eigenvalue weighted by molar-refractivity contribution is 7.92. The van der Waals surface area contributed by atoms with Crippen molar-refractivity contribution in [1.82, 2.24) is 4.90 Å². The van der Waals surface area contributed by atoms with Gasteiger partial charge in [0.25, 0.3) is 10.0 Å². The van der Waals surface area contributed by atoms with Gasteiger partial charge in [-0.15, -0.1) is 0 Å². The summed E-state index contributed by atoms with van der Waals surface area (Å²) in [6.07, 6.45) is 0. The van der Waals surface area contributed by atoms with Crippen LogP contribution < -0.4 is 18.5 Å². The largest absolute Gasteiger partial charge is 0.495 e. The SMILES string of the molecule is COc1ccc(S(=O)(=O)N(CC(=O)N(Cc2ccccc2)Cc2ccccc2)c2cc(Cl)ccc2OC)cc1OC. The lowest BCUT2D eigenvalue weighted by Gasteiger charge is -2.30. The fraction of sp³-hybridized carbons (Fsp3) is 0.194. The molecule has 0 heterocycles. The summed E-state index contributed by atoms with van der Waals surface area (Å²) in [6, 6.07) is 27.9. The highest BCUT2D eigenvalue weighted by Crippen LogP contribution is 2.37. The van der Waals surface area contributed by atoms with E-state index in [1.807, 2.05) is 60.7 Å². The number of halogens is 1. The molecule has 4 aromatic carbocycles. The van der Waals surface area contributed by atoms with E-state index in [1.165, 1.54) is 45.6 Å². The Bertz CT molecular complexity index is 1540. The summed E-state index contributed by atoms with van der Waals surface area (Å²) in [7, 11) is -0.0228. The van der Waals surface area contributed by atoms with Gasteiger partial charge in [-0.1, -0.05) is 72.3 Å². The molecule has 10 heteroatoms. The van der Waals surface area contributed by atoms with Gasteiger partial charge in [0.1, 0.15) is 12.3 Å². The summed E-state index contributed by atoms with van der Waals surface area (Å²) in [4.78, 5) is 15.6. The summed E-state index contributed by atoms with van der Waals surface area (Å²) >= 11 is 6.31. The molecule has 0 unspecified atom stereocenters. The zero-order chi connectivity index (χ0) is 29.4. The second kappa shape index (κ2) is 13.4. The van der Waals surface area contributed by atoms with Crippen LogP contribution in [0.2, 0.25) is 5.02 Å². The van der Waals surface area contributed by atoms with Crippen molar-refractivity contribution in [3.05, 3.63) is 113 Å². The number of carbonyl (C=O) groups is 1. The van der Waals surface area contributed by atoms with Crippen LogP contribution in [0.3, 0.4) is 0 Å². The molecule has 0 fully saturated rings. The minimum absolute atomic E-state index is 0.0948. The quantitative estimate of drug-likeness (QED) is 0.206. The highest BCUT2D eigenvalue weighted by atomic mass is 35.5. The molecule has 1 amide bonds. The number of amides is 1. The average Bonchev–Trinajstić information content (AvgIpc) is 3.00. The van der Waals surface area contributed by atoms with Gasteiger partial charge in [-0.05, 0) is 41.5 Å². The first kappa shape index (κ1) is 29.8. The molecule has 0 radical (unpaired) electrons. The van der Waals surface area contributed by atoms with Crippen molar-refractivity contribution in [2.75, 3.05) is 32.2 Å². The van der Waals surface area contributed by atoms with Crippen LogP contribution in [0.1, 0.15) is 11.1 Å². The van der Waals surface area contributed by atoms with Crippen molar-refractivity contribution in [3.63, 3.8) is 0 Å². The summed E-state index contributed by atoms with van der Waals surface area (Å²) in [5.74, 6) is 0.423. The molecule has 41 heavy (non-hydrogen) atoms. The summed E-state index contributed by atoms with van der Waals surface area (Å²) in [5, 5.41) is 0.284. The van der Waals surface area contributed by atoms with Crippen LogP contribution in [0.5, 0.6) is 17.2 Å². The van der Waals surface area contributed by atoms with E-state index < -0.39 is 22.5 Å². The molecule has 0 atom stereocenters. The molecule has 0 spiro atoms. The molecule has 4 aromatic rings. The minimum atomic E-state index is -4.32. The van der Waals surface area contributed by atoms with Crippen molar-refractivity contribution < 1.29 is 27.4 Å². The molecule has 0 bridgehead atoms. The monoisotopic (exact) mass is 594 g/mol. The number of benzene rings is 4. The molecular weight excluding hydrogens is 564 g/mol. The van der Waals surface area contributed by atoms with Gasteiger partial charge in [0.05, 0.1) is 31.9 Å². The van der Waals surface area contributed by atoms with Crippen LogP contribution in [0, 0.1) is 0 Å². The van der Waals surface area contributed by atoms with Crippen LogP contribution in [0.25, 0.3) is 0 Å². The number of sulfonamides is 1. The van der Waals surface area contributed by atoms with E-state index in [0.29, 0.717) is 5.75 Å². The molecule has 0 aromatic heterocycles. The molecule has 8 nitrogen and oxygen atoms in total. The Morgan fingerprint density at radius 2 is 1.24 bits per heavy atom. The van der Waals surface area contributed by atoms with E-state index in [9.17, 15) is 13.2 Å². The highest BCUT2D eigenvalue weighted by Gasteiger charge is 2.32. The second-order valence-corrected chi connectivity index (χ2v) is 11.4. The molecule has 0 aliphatic rings. The lowest BCUT2D eigenvalue weighted by Crippen LogP contribution is -2.42. The van der Waals surface area contributed by atoms with E-state index in [1.54, 1.807) is 17.0 Å². The maximum Gasteiger partial charge on any atom is 0.265 e. The Morgan fingerprint density at radius 3 is 1.78 bits per heavy atom. The number of hydrogen-bond acceptors (Lipinski definition) is 6. The maximum atomic E-state index is 14.2. The standard InChI is InChI=1S/C31H31ClN2O6S/c1-38-28-16-14-25(32)18-27(28)34(41(36,37)26-15-17-29(39-2)30(19-26)40-3)22-31(35)33(20-23-10-6-4-7-11-23)21-24-12-8-5-9-13-24/h4-19H,20-22H2,1-3H3. The van der Waals surface area contributed by atoms with Crippen LogP contribution in [0.4, 0.5) is 5.69 Å². The van der Waals surface area contributed by atoms with Crippen LogP contribution in [-0.2, 0) is 27.9 Å². The Kier molecular flexibility index (Phi) is 9.75. The zero-order valence-electron chi connectivity index (χ0n) is 23.0. The minimum Gasteiger partial charge on any atom is -0.495 e. The lowest BCUT2D eigenvalue weighted by atomic mass is 10.1. The molecular formula is C31H31ClN2O6S. The van der Waals surface area contributed by atoms with Crippen molar-refractivity contribution in [2.45, 2.75) is 18.0 Å². The van der Waals surface area contributed by atoms with Crippen LogP contribution >= 0.6 is 11.6 Å².